The Labute approximate surface area is 106 Å². The van der Waals surface area contributed by atoms with Gasteiger partial charge in [-0.1, -0.05) is 45.0 Å². The molecular weight excluding hydrogens is 226 g/mol. The van der Waals surface area contributed by atoms with Crippen LogP contribution in [-0.2, 0) is 5.41 Å². The van der Waals surface area contributed by atoms with Gasteiger partial charge in [-0.25, -0.2) is 4.79 Å². The van der Waals surface area contributed by atoms with Crippen molar-refractivity contribution in [1.29, 1.82) is 0 Å². The Morgan fingerprint density at radius 1 is 1.11 bits per heavy atom. The molecule has 2 aromatic carbocycles. The van der Waals surface area contributed by atoms with E-state index >= 15 is 0 Å². The number of fused-ring (bicyclic) bond motifs is 1. The summed E-state index contributed by atoms with van der Waals surface area (Å²) in [6.45, 7) is 6.02. The van der Waals surface area contributed by atoms with Gasteiger partial charge in [0.15, 0.2) is 0 Å². The van der Waals surface area contributed by atoms with Gasteiger partial charge in [0.2, 0.25) is 0 Å². The van der Waals surface area contributed by atoms with Crippen LogP contribution in [0, 0.1) is 0 Å². The maximum absolute atomic E-state index is 11.6. The number of hydrogen-bond acceptors (Lipinski definition) is 2. The van der Waals surface area contributed by atoms with E-state index in [4.69, 9.17) is 5.73 Å². The van der Waals surface area contributed by atoms with Crippen molar-refractivity contribution in [3.05, 3.63) is 41.5 Å². The molecular formula is C15H17NO2. The molecule has 0 saturated heterocycles. The molecule has 18 heavy (non-hydrogen) atoms. The first kappa shape index (κ1) is 12.4. The summed E-state index contributed by atoms with van der Waals surface area (Å²) in [6.07, 6.45) is 0. The van der Waals surface area contributed by atoms with Gasteiger partial charge < -0.3 is 10.8 Å². The quantitative estimate of drug-likeness (QED) is 0.754. The molecule has 3 nitrogen and oxygen atoms in total. The van der Waals surface area contributed by atoms with Crippen LogP contribution in [0.1, 0.15) is 36.7 Å². The minimum absolute atomic E-state index is 0.216. The van der Waals surface area contributed by atoms with Crippen LogP contribution in [0.5, 0.6) is 0 Å². The van der Waals surface area contributed by atoms with Crippen molar-refractivity contribution in [3.63, 3.8) is 0 Å². The summed E-state index contributed by atoms with van der Waals surface area (Å²) in [5, 5.41) is 11.0. The Kier molecular flexibility index (Phi) is 2.77. The highest BCUT2D eigenvalue weighted by molar-refractivity contribution is 6.08. The highest BCUT2D eigenvalue weighted by atomic mass is 16.4. The van der Waals surface area contributed by atoms with Crippen molar-refractivity contribution in [2.75, 3.05) is 5.73 Å². The number of carboxylic acids is 1. The monoisotopic (exact) mass is 243 g/mol. The Hall–Kier alpha value is -2.03. The van der Waals surface area contributed by atoms with Crippen LogP contribution in [0.4, 0.5) is 5.69 Å². The molecule has 3 heteroatoms. The van der Waals surface area contributed by atoms with Gasteiger partial charge in [0.1, 0.15) is 0 Å². The molecule has 94 valence electrons. The summed E-state index contributed by atoms with van der Waals surface area (Å²) >= 11 is 0. The third kappa shape index (κ3) is 1.92. The zero-order valence-corrected chi connectivity index (χ0v) is 10.8. The van der Waals surface area contributed by atoms with Crippen molar-refractivity contribution in [2.24, 2.45) is 0 Å². The number of nitrogen functional groups attached to an aromatic ring is 1. The Balaban J connectivity index is 2.92. The number of nitrogens with two attached hydrogens (primary N) is 1. The van der Waals surface area contributed by atoms with Crippen LogP contribution >= 0.6 is 0 Å². The fraction of sp³-hybridized carbons (Fsp3) is 0.267. The highest BCUT2D eigenvalue weighted by Gasteiger charge is 2.23. The van der Waals surface area contributed by atoms with Gasteiger partial charge in [0.25, 0.3) is 0 Å². The molecule has 2 rings (SSSR count). The van der Waals surface area contributed by atoms with E-state index in [-0.39, 0.29) is 5.41 Å². The second kappa shape index (κ2) is 4.02. The normalized spacial score (nSPS) is 11.7. The first-order valence-electron chi connectivity index (χ1n) is 5.87. The topological polar surface area (TPSA) is 63.3 Å². The molecule has 0 spiro atoms. The number of aromatic carboxylic acids is 1. The van der Waals surface area contributed by atoms with Crippen LogP contribution in [0.25, 0.3) is 10.8 Å². The van der Waals surface area contributed by atoms with Crippen LogP contribution in [0.15, 0.2) is 30.3 Å². The summed E-state index contributed by atoms with van der Waals surface area (Å²) < 4.78 is 0. The van der Waals surface area contributed by atoms with Crippen molar-refractivity contribution in [3.8, 4) is 0 Å². The third-order valence-electron chi connectivity index (χ3n) is 3.12. The number of anilines is 1. The molecule has 0 bridgehead atoms. The molecule has 0 amide bonds. The van der Waals surface area contributed by atoms with Crippen LogP contribution in [-0.4, -0.2) is 11.1 Å². The summed E-state index contributed by atoms with van der Waals surface area (Å²) in [5.41, 5.74) is 7.46. The number of carbonyl (C=O) groups is 1. The largest absolute Gasteiger partial charge is 0.478 e. The van der Waals surface area contributed by atoms with Crippen molar-refractivity contribution < 1.29 is 9.90 Å². The molecule has 0 aliphatic heterocycles. The lowest BCUT2D eigenvalue weighted by Crippen LogP contribution is -2.17. The minimum atomic E-state index is -0.906. The Bertz CT molecular complexity index is 624. The van der Waals surface area contributed by atoms with Crippen LogP contribution < -0.4 is 5.73 Å². The van der Waals surface area contributed by atoms with E-state index in [0.717, 1.165) is 10.9 Å². The van der Waals surface area contributed by atoms with E-state index in [0.29, 0.717) is 16.6 Å². The SMILES string of the molecule is CC(C)(C)c1ccc2c(N)cccc2c1C(=O)O. The minimum Gasteiger partial charge on any atom is -0.478 e. The standard InChI is InChI=1S/C15H17NO2/c1-15(2,3)11-8-7-9-10(13(11)14(17)18)5-4-6-12(9)16/h4-8H,16H2,1-3H3,(H,17,18). The van der Waals surface area contributed by atoms with E-state index in [2.05, 4.69) is 0 Å². The van der Waals surface area contributed by atoms with Gasteiger partial charge in [0.05, 0.1) is 5.56 Å². The van der Waals surface area contributed by atoms with Gasteiger partial charge in [-0.05, 0) is 22.4 Å². The molecule has 0 radical (unpaired) electrons. The average molecular weight is 243 g/mol. The lowest BCUT2D eigenvalue weighted by Gasteiger charge is -2.22. The molecule has 3 N–H and O–H groups in total. The number of carboxylic acid groups (broad SMARTS) is 1. The molecule has 2 aromatic rings. The maximum Gasteiger partial charge on any atom is 0.336 e. The number of rotatable bonds is 1. The van der Waals surface area contributed by atoms with Gasteiger partial charge in [-0.3, -0.25) is 0 Å². The van der Waals surface area contributed by atoms with E-state index in [9.17, 15) is 9.90 Å². The predicted molar refractivity (Wildman–Crippen MR) is 74.0 cm³/mol. The lowest BCUT2D eigenvalue weighted by molar-refractivity contribution is 0.0696. The Morgan fingerprint density at radius 2 is 1.78 bits per heavy atom. The van der Waals surface area contributed by atoms with Gasteiger partial charge >= 0.3 is 5.97 Å². The molecule has 0 aliphatic carbocycles. The molecule has 0 fully saturated rings. The molecule has 0 heterocycles. The third-order valence-corrected chi connectivity index (χ3v) is 3.12. The Morgan fingerprint density at radius 3 is 2.33 bits per heavy atom. The van der Waals surface area contributed by atoms with E-state index in [1.54, 1.807) is 12.1 Å². The molecule has 0 unspecified atom stereocenters. The summed E-state index contributed by atoms with van der Waals surface area (Å²) in [4.78, 5) is 11.6. The fourth-order valence-corrected chi connectivity index (χ4v) is 2.24. The molecule has 0 aromatic heterocycles. The molecule has 0 atom stereocenters. The zero-order valence-electron chi connectivity index (χ0n) is 10.8. The number of hydrogen-bond donors (Lipinski definition) is 2. The second-order valence-electron chi connectivity index (χ2n) is 5.49. The summed E-state index contributed by atoms with van der Waals surface area (Å²) in [5.74, 6) is -0.906. The molecule has 0 saturated carbocycles. The van der Waals surface area contributed by atoms with Crippen molar-refractivity contribution in [1.82, 2.24) is 0 Å². The van der Waals surface area contributed by atoms with E-state index in [1.807, 2.05) is 39.0 Å². The highest BCUT2D eigenvalue weighted by Crippen LogP contribution is 2.33. The van der Waals surface area contributed by atoms with Crippen LogP contribution in [0.3, 0.4) is 0 Å². The predicted octanol–water partition coefficient (Wildman–Crippen LogP) is 3.42. The lowest BCUT2D eigenvalue weighted by atomic mass is 9.81. The molecule has 0 aliphatic rings. The number of benzene rings is 2. The van der Waals surface area contributed by atoms with Gasteiger partial charge in [0, 0.05) is 11.1 Å². The van der Waals surface area contributed by atoms with Gasteiger partial charge in [-0.15, -0.1) is 0 Å². The second-order valence-corrected chi connectivity index (χ2v) is 5.49. The van der Waals surface area contributed by atoms with Crippen LogP contribution in [0.2, 0.25) is 0 Å². The van der Waals surface area contributed by atoms with Gasteiger partial charge in [-0.2, -0.15) is 0 Å². The maximum atomic E-state index is 11.6. The first-order chi connectivity index (χ1) is 8.32. The average Bonchev–Trinajstić information content (AvgIpc) is 2.26. The van der Waals surface area contributed by atoms with Crippen molar-refractivity contribution in [2.45, 2.75) is 26.2 Å². The first-order valence-corrected chi connectivity index (χ1v) is 5.87. The van der Waals surface area contributed by atoms with E-state index in [1.165, 1.54) is 0 Å². The smallest absolute Gasteiger partial charge is 0.336 e. The summed E-state index contributed by atoms with van der Waals surface area (Å²) in [7, 11) is 0. The van der Waals surface area contributed by atoms with E-state index < -0.39 is 5.97 Å². The van der Waals surface area contributed by atoms with Crippen molar-refractivity contribution >= 4 is 22.4 Å². The zero-order chi connectivity index (χ0) is 13.5. The fourth-order valence-electron chi connectivity index (χ4n) is 2.24. The summed E-state index contributed by atoms with van der Waals surface area (Å²) in [6, 6.07) is 9.14.